The molecule has 0 aromatic heterocycles. The van der Waals surface area contributed by atoms with Crippen molar-refractivity contribution in [1.29, 1.82) is 0 Å². The summed E-state index contributed by atoms with van der Waals surface area (Å²) in [6.45, 7) is 3.50. The van der Waals surface area contributed by atoms with Gasteiger partial charge in [0.25, 0.3) is 0 Å². The third-order valence-electron chi connectivity index (χ3n) is 4.77. The predicted octanol–water partition coefficient (Wildman–Crippen LogP) is 6.49. The summed E-state index contributed by atoms with van der Waals surface area (Å²) in [5.41, 5.74) is 2.79. The molecular formula is C28H35Fe2NO-8. The Hall–Kier alpha value is -1.64. The maximum absolute atomic E-state index is 8.81. The molecule has 0 unspecified atom stereocenters. The molecule has 0 aliphatic rings. The van der Waals surface area contributed by atoms with Gasteiger partial charge in [0, 0.05) is 40.7 Å². The zero-order valence-electron chi connectivity index (χ0n) is 18.7. The summed E-state index contributed by atoms with van der Waals surface area (Å²) in [5, 5.41) is 8.81. The van der Waals surface area contributed by atoms with Crippen molar-refractivity contribution in [2.75, 3.05) is 13.2 Å². The molecule has 32 heavy (non-hydrogen) atoms. The van der Waals surface area contributed by atoms with Crippen LogP contribution in [0, 0.1) is 0 Å². The Labute approximate surface area is 215 Å². The van der Waals surface area contributed by atoms with Gasteiger partial charge in [0.05, 0.1) is 0 Å². The summed E-state index contributed by atoms with van der Waals surface area (Å²) in [6, 6.07) is 37.2. The third kappa shape index (κ3) is 15.2. The van der Waals surface area contributed by atoms with Crippen molar-refractivity contribution in [2.45, 2.75) is 38.8 Å². The molecule has 0 radical (unpaired) electrons. The van der Waals surface area contributed by atoms with Crippen LogP contribution in [0.15, 0.2) is 109 Å². The molecule has 182 valence electrons. The molecule has 0 heterocycles. The monoisotopic (exact) mass is 513 g/mol. The van der Waals surface area contributed by atoms with E-state index in [1.807, 2.05) is 60.7 Å². The van der Waals surface area contributed by atoms with Crippen LogP contribution in [0.1, 0.15) is 36.8 Å². The van der Waals surface area contributed by atoms with Crippen LogP contribution in [0.3, 0.4) is 0 Å². The maximum Gasteiger partial charge on any atom is 0.0431 e. The summed E-state index contributed by atoms with van der Waals surface area (Å²) in [7, 11) is 0. The van der Waals surface area contributed by atoms with Crippen molar-refractivity contribution in [1.82, 2.24) is 4.90 Å². The van der Waals surface area contributed by atoms with Gasteiger partial charge >= 0.3 is 0 Å². The second-order valence-corrected chi connectivity index (χ2v) is 7.36. The summed E-state index contributed by atoms with van der Waals surface area (Å²) < 4.78 is 0. The standard InChI is InChI=1S/C18H25NO.2C5H5.2Fe/c20-14-8-2-1-7-13-19(15-17-9-3-4-10-17)16-18-11-5-6-12-18;2*1-2-4-5-3-1;;/h3-6,9-12,20H,1-2,7-8,13-16H2;2*1-5H;;/q-2;-5;-1;;. The molecule has 2 nitrogen and oxygen atoms in total. The van der Waals surface area contributed by atoms with Crippen LogP contribution in [0.4, 0.5) is 0 Å². The predicted molar refractivity (Wildman–Crippen MR) is 128 cm³/mol. The van der Waals surface area contributed by atoms with Crippen LogP contribution in [-0.4, -0.2) is 23.2 Å². The first-order chi connectivity index (χ1) is 14.9. The molecule has 4 aromatic carbocycles. The Morgan fingerprint density at radius 2 is 1.03 bits per heavy atom. The average molecular weight is 513 g/mol. The SMILES string of the molecule is OCCCCCCN(C[c-]1cccc1)C[c-]1cccc1.[Fe].[Fe].[cH-]1[cH-][cH-][cH-][cH-]1.c1cc[cH-]c1. The van der Waals surface area contributed by atoms with E-state index in [0.29, 0.717) is 6.61 Å². The minimum absolute atomic E-state index is 0. The molecule has 0 aliphatic carbocycles. The number of aliphatic hydroxyl groups is 1. The van der Waals surface area contributed by atoms with Gasteiger partial charge in [-0.25, -0.2) is 36.4 Å². The van der Waals surface area contributed by atoms with E-state index in [9.17, 15) is 0 Å². The first-order valence-electron chi connectivity index (χ1n) is 11.0. The van der Waals surface area contributed by atoms with Crippen molar-refractivity contribution in [3.63, 3.8) is 0 Å². The van der Waals surface area contributed by atoms with Crippen LogP contribution in [0.5, 0.6) is 0 Å². The summed E-state index contributed by atoms with van der Waals surface area (Å²) in [5.74, 6) is 0. The normalized spacial score (nSPS) is 9.56. The molecule has 0 bridgehead atoms. The van der Waals surface area contributed by atoms with E-state index < -0.39 is 0 Å². The Morgan fingerprint density at radius 1 is 0.594 bits per heavy atom. The molecule has 0 spiro atoms. The van der Waals surface area contributed by atoms with Crippen LogP contribution in [0.25, 0.3) is 0 Å². The molecule has 4 aromatic rings. The van der Waals surface area contributed by atoms with Crippen molar-refractivity contribution in [3.05, 3.63) is 120 Å². The van der Waals surface area contributed by atoms with Gasteiger partial charge in [0.2, 0.25) is 0 Å². The van der Waals surface area contributed by atoms with Gasteiger partial charge < -0.3 is 40.3 Å². The molecule has 4 heteroatoms. The number of hydrogen-bond donors (Lipinski definition) is 1. The number of rotatable bonds is 10. The van der Waals surface area contributed by atoms with Gasteiger partial charge in [0.15, 0.2) is 0 Å². The van der Waals surface area contributed by atoms with E-state index in [4.69, 9.17) is 5.11 Å². The molecule has 0 atom stereocenters. The summed E-state index contributed by atoms with van der Waals surface area (Å²) >= 11 is 0. The summed E-state index contributed by atoms with van der Waals surface area (Å²) in [6.07, 6.45) is 4.49. The zero-order valence-corrected chi connectivity index (χ0v) is 20.9. The van der Waals surface area contributed by atoms with Gasteiger partial charge in [-0.05, 0) is 32.5 Å². The molecular weight excluding hydrogens is 478 g/mol. The maximum atomic E-state index is 8.81. The molecule has 4 rings (SSSR count). The molecule has 0 saturated heterocycles. The quantitative estimate of drug-likeness (QED) is 0.149. The van der Waals surface area contributed by atoms with Crippen LogP contribution in [-0.2, 0) is 47.2 Å². The van der Waals surface area contributed by atoms with Crippen molar-refractivity contribution in [2.24, 2.45) is 0 Å². The zero-order chi connectivity index (χ0) is 21.1. The Bertz CT molecular complexity index is 678. The van der Waals surface area contributed by atoms with E-state index in [0.717, 1.165) is 32.5 Å². The van der Waals surface area contributed by atoms with E-state index in [-0.39, 0.29) is 34.1 Å². The summed E-state index contributed by atoms with van der Waals surface area (Å²) in [4.78, 5) is 2.52. The molecule has 0 saturated carbocycles. The van der Waals surface area contributed by atoms with Crippen LogP contribution in [0.2, 0.25) is 0 Å². The number of unbranched alkanes of at least 4 members (excludes halogenated alkanes) is 3. The van der Waals surface area contributed by atoms with Gasteiger partial charge in [0.1, 0.15) is 0 Å². The van der Waals surface area contributed by atoms with Gasteiger partial charge in [-0.2, -0.15) is 42.5 Å². The molecule has 0 fully saturated rings. The third-order valence-corrected chi connectivity index (χ3v) is 4.77. The Kier molecular flexibility index (Phi) is 20.1. The van der Waals surface area contributed by atoms with Crippen LogP contribution >= 0.6 is 0 Å². The van der Waals surface area contributed by atoms with E-state index in [1.165, 1.54) is 24.0 Å². The van der Waals surface area contributed by atoms with E-state index >= 15 is 0 Å². The van der Waals surface area contributed by atoms with Crippen molar-refractivity contribution < 1.29 is 39.2 Å². The second-order valence-electron chi connectivity index (χ2n) is 7.36. The molecule has 0 amide bonds. The largest absolute Gasteiger partial charge is 0.748 e. The van der Waals surface area contributed by atoms with Crippen LogP contribution < -0.4 is 0 Å². The first-order valence-corrected chi connectivity index (χ1v) is 11.0. The van der Waals surface area contributed by atoms with Gasteiger partial charge in [-0.3, -0.25) is 0 Å². The Morgan fingerprint density at radius 3 is 1.41 bits per heavy atom. The van der Waals surface area contributed by atoms with Gasteiger partial charge in [-0.1, -0.05) is 12.8 Å². The Balaban J connectivity index is 0.000000657. The fourth-order valence-corrected chi connectivity index (χ4v) is 3.21. The van der Waals surface area contributed by atoms with Gasteiger partial charge in [-0.15, -0.1) is 11.1 Å². The number of hydrogen-bond acceptors (Lipinski definition) is 2. The minimum atomic E-state index is 0. The number of nitrogens with zero attached hydrogens (tertiary/aromatic N) is 1. The first kappa shape index (κ1) is 30.4. The minimum Gasteiger partial charge on any atom is -0.748 e. The average Bonchev–Trinajstić information content (AvgIpc) is 3.58. The van der Waals surface area contributed by atoms with Crippen molar-refractivity contribution in [3.8, 4) is 0 Å². The topological polar surface area (TPSA) is 23.5 Å². The molecule has 0 aliphatic heterocycles. The fraction of sp³-hybridized carbons (Fsp3) is 0.286. The molecule has 1 N–H and O–H groups in total. The van der Waals surface area contributed by atoms with E-state index in [2.05, 4.69) is 53.4 Å². The van der Waals surface area contributed by atoms with E-state index in [1.54, 1.807) is 0 Å². The van der Waals surface area contributed by atoms with Crippen molar-refractivity contribution >= 4 is 0 Å². The fourth-order valence-electron chi connectivity index (χ4n) is 3.21. The second kappa shape index (κ2) is 21.2. The number of aliphatic hydroxyl groups excluding tert-OH is 1. The smallest absolute Gasteiger partial charge is 0.0431 e.